The maximum Gasteiger partial charge on any atom is 0.270 e. The Balaban J connectivity index is 2.90. The third-order valence-electron chi connectivity index (χ3n) is 3.53. The maximum atomic E-state index is 11.2. The summed E-state index contributed by atoms with van der Waals surface area (Å²) in [5, 5.41) is 8.89. The normalized spacial score (nSPS) is 38.3. The molecule has 0 aromatic carbocycles. The molecule has 4 nitrogen and oxygen atoms in total. The molecule has 0 spiro atoms. The van der Waals surface area contributed by atoms with Crippen LogP contribution in [0.3, 0.4) is 0 Å². The Labute approximate surface area is 91.4 Å². The number of rotatable bonds is 2. The van der Waals surface area contributed by atoms with Crippen LogP contribution in [0.25, 0.3) is 0 Å². The average molecular weight is 236 g/mol. The highest BCUT2D eigenvalue weighted by Crippen LogP contribution is 2.38. The van der Waals surface area contributed by atoms with E-state index in [9.17, 15) is 13.5 Å². The zero-order chi connectivity index (χ0) is 11.9. The first kappa shape index (κ1) is 12.9. The van der Waals surface area contributed by atoms with Crippen molar-refractivity contribution in [3.05, 3.63) is 0 Å². The fraction of sp³-hybridized carbons (Fsp3) is 1.00. The molecule has 5 heteroatoms. The second-order valence-corrected chi connectivity index (χ2v) is 6.74. The van der Waals surface area contributed by atoms with Gasteiger partial charge in [0.1, 0.15) is 5.25 Å². The van der Waals surface area contributed by atoms with Gasteiger partial charge in [-0.25, -0.2) is 0 Å². The number of hydrogen-bond acceptors (Lipinski definition) is 3. The van der Waals surface area contributed by atoms with Crippen LogP contribution in [0.5, 0.6) is 0 Å². The molecule has 2 N–H and O–H groups in total. The van der Waals surface area contributed by atoms with Gasteiger partial charge in [0, 0.05) is 0 Å². The van der Waals surface area contributed by atoms with Crippen LogP contribution in [0.1, 0.15) is 40.0 Å². The molecule has 1 aliphatic rings. The predicted octanol–water partition coefficient (Wildman–Crippen LogP) is 1.45. The zero-order valence-corrected chi connectivity index (χ0v) is 10.3. The van der Waals surface area contributed by atoms with Crippen molar-refractivity contribution in [2.45, 2.75) is 50.9 Å². The van der Waals surface area contributed by atoms with Crippen LogP contribution in [0.4, 0.5) is 0 Å². The van der Waals surface area contributed by atoms with Crippen molar-refractivity contribution >= 4 is 10.1 Å². The highest BCUT2D eigenvalue weighted by molar-refractivity contribution is 7.86. The Morgan fingerprint density at radius 1 is 1.40 bits per heavy atom. The van der Waals surface area contributed by atoms with Gasteiger partial charge in [-0.2, -0.15) is 8.42 Å². The van der Waals surface area contributed by atoms with Crippen molar-refractivity contribution < 1.29 is 18.1 Å². The van der Waals surface area contributed by atoms with Gasteiger partial charge in [-0.3, -0.25) is 4.55 Å². The first-order valence-electron chi connectivity index (χ1n) is 5.33. The van der Waals surface area contributed by atoms with Crippen molar-refractivity contribution in [1.29, 1.82) is 0 Å². The minimum atomic E-state index is -4.15. The third kappa shape index (κ3) is 2.92. The minimum absolute atomic E-state index is 0.261. The van der Waals surface area contributed by atoms with Crippen molar-refractivity contribution in [3.63, 3.8) is 0 Å². The van der Waals surface area contributed by atoms with E-state index in [1.165, 1.54) is 6.92 Å². The van der Waals surface area contributed by atoms with Gasteiger partial charge in [0.25, 0.3) is 10.1 Å². The molecule has 90 valence electrons. The molecule has 15 heavy (non-hydrogen) atoms. The van der Waals surface area contributed by atoms with Gasteiger partial charge in [-0.15, -0.1) is 0 Å². The molecule has 0 amide bonds. The highest BCUT2D eigenvalue weighted by atomic mass is 32.2. The lowest BCUT2D eigenvalue weighted by Gasteiger charge is -2.40. The monoisotopic (exact) mass is 236 g/mol. The van der Waals surface area contributed by atoms with E-state index in [4.69, 9.17) is 4.55 Å². The van der Waals surface area contributed by atoms with Crippen LogP contribution in [-0.2, 0) is 10.1 Å². The molecular formula is C10H20O4S. The fourth-order valence-electron chi connectivity index (χ4n) is 2.33. The third-order valence-corrected chi connectivity index (χ3v) is 4.95. The lowest BCUT2D eigenvalue weighted by Crippen LogP contribution is -2.49. The molecule has 0 aromatic rings. The van der Waals surface area contributed by atoms with Gasteiger partial charge in [-0.1, -0.05) is 13.8 Å². The Hall–Kier alpha value is -0.130. The lowest BCUT2D eigenvalue weighted by molar-refractivity contribution is 0.00357. The molecule has 3 atom stereocenters. The summed E-state index contributed by atoms with van der Waals surface area (Å²) in [6.07, 6.45) is 1.60. The summed E-state index contributed by atoms with van der Waals surface area (Å²) in [7, 11) is -4.15. The Kier molecular flexibility index (Phi) is 3.48. The molecule has 0 bridgehead atoms. The largest absolute Gasteiger partial charge is 0.389 e. The predicted molar refractivity (Wildman–Crippen MR) is 58.1 cm³/mol. The van der Waals surface area contributed by atoms with E-state index >= 15 is 0 Å². The van der Waals surface area contributed by atoms with E-state index in [-0.39, 0.29) is 5.92 Å². The zero-order valence-electron chi connectivity index (χ0n) is 9.47. The topological polar surface area (TPSA) is 74.6 Å². The van der Waals surface area contributed by atoms with Crippen LogP contribution in [0, 0.1) is 11.8 Å². The van der Waals surface area contributed by atoms with Gasteiger partial charge in [0.2, 0.25) is 0 Å². The maximum absolute atomic E-state index is 11.2. The molecule has 3 unspecified atom stereocenters. The average Bonchev–Trinajstić information content (AvgIpc) is 2.00. The number of aliphatic hydroxyl groups is 1. The van der Waals surface area contributed by atoms with Crippen molar-refractivity contribution in [1.82, 2.24) is 0 Å². The van der Waals surface area contributed by atoms with Gasteiger partial charge < -0.3 is 5.11 Å². The van der Waals surface area contributed by atoms with Gasteiger partial charge in [-0.05, 0) is 38.0 Å². The van der Waals surface area contributed by atoms with Crippen molar-refractivity contribution in [2.75, 3.05) is 0 Å². The van der Waals surface area contributed by atoms with E-state index in [2.05, 4.69) is 0 Å². The summed E-state index contributed by atoms with van der Waals surface area (Å²) in [6.45, 7) is 5.56. The second-order valence-electron chi connectivity index (χ2n) is 5.14. The molecule has 0 heterocycles. The SMILES string of the molecule is CC(C)C1CCC(C)(O)C(S(=O)(=O)O)C1. The molecular weight excluding hydrogens is 216 g/mol. The molecule has 1 fully saturated rings. The van der Waals surface area contributed by atoms with Crippen LogP contribution in [0.15, 0.2) is 0 Å². The number of hydrogen-bond donors (Lipinski definition) is 2. The summed E-state index contributed by atoms with van der Waals surface area (Å²) < 4.78 is 31.4. The lowest BCUT2D eigenvalue weighted by atomic mass is 9.75. The standard InChI is InChI=1S/C10H20O4S/c1-7(2)8-4-5-10(3,11)9(6-8)15(12,13)14/h7-9,11H,4-6H2,1-3H3,(H,12,13,14). The van der Waals surface area contributed by atoms with E-state index in [0.29, 0.717) is 18.8 Å². The fourth-order valence-corrected chi connectivity index (χ4v) is 3.58. The van der Waals surface area contributed by atoms with Crippen molar-refractivity contribution in [2.24, 2.45) is 11.8 Å². The quantitative estimate of drug-likeness (QED) is 0.712. The van der Waals surface area contributed by atoms with Crippen LogP contribution < -0.4 is 0 Å². The van der Waals surface area contributed by atoms with Gasteiger partial charge in [0.05, 0.1) is 5.60 Å². The summed E-state index contributed by atoms with van der Waals surface area (Å²) in [5.74, 6) is 0.641. The summed E-state index contributed by atoms with van der Waals surface area (Å²) in [4.78, 5) is 0. The molecule has 1 saturated carbocycles. The van der Waals surface area contributed by atoms with Crippen LogP contribution in [-0.4, -0.2) is 28.9 Å². The van der Waals surface area contributed by atoms with E-state index in [0.717, 1.165) is 6.42 Å². The van der Waals surface area contributed by atoms with E-state index < -0.39 is 21.0 Å². The molecule has 0 radical (unpaired) electrons. The van der Waals surface area contributed by atoms with Crippen LogP contribution >= 0.6 is 0 Å². The molecule has 0 saturated heterocycles. The highest BCUT2D eigenvalue weighted by Gasteiger charge is 2.45. The second kappa shape index (κ2) is 4.03. The Bertz CT molecular complexity index is 318. The molecule has 1 aliphatic carbocycles. The summed E-state index contributed by atoms with van der Waals surface area (Å²) in [5.41, 5.74) is -1.29. The first-order valence-corrected chi connectivity index (χ1v) is 6.83. The summed E-state index contributed by atoms with van der Waals surface area (Å²) in [6, 6.07) is 0. The molecule has 0 aliphatic heterocycles. The Morgan fingerprint density at radius 3 is 2.33 bits per heavy atom. The van der Waals surface area contributed by atoms with E-state index in [1.54, 1.807) is 0 Å². The smallest absolute Gasteiger partial charge is 0.270 e. The Morgan fingerprint density at radius 2 is 1.93 bits per heavy atom. The van der Waals surface area contributed by atoms with Crippen molar-refractivity contribution in [3.8, 4) is 0 Å². The van der Waals surface area contributed by atoms with Crippen LogP contribution in [0.2, 0.25) is 0 Å². The summed E-state index contributed by atoms with van der Waals surface area (Å²) >= 11 is 0. The first-order chi connectivity index (χ1) is 6.64. The van der Waals surface area contributed by atoms with Gasteiger partial charge >= 0.3 is 0 Å². The van der Waals surface area contributed by atoms with Gasteiger partial charge in [0.15, 0.2) is 0 Å². The van der Waals surface area contributed by atoms with E-state index in [1.807, 2.05) is 13.8 Å². The molecule has 1 rings (SSSR count). The minimum Gasteiger partial charge on any atom is -0.389 e. The molecule has 0 aromatic heterocycles.